The molecule has 0 saturated carbocycles. The number of nitrogens with zero attached hydrogens (tertiary/aromatic N) is 3. The summed E-state index contributed by atoms with van der Waals surface area (Å²) in [7, 11) is 0. The fourth-order valence-corrected chi connectivity index (χ4v) is 4.21. The van der Waals surface area contributed by atoms with Crippen molar-refractivity contribution in [3.8, 4) is 0 Å². The number of hydrogen-bond acceptors (Lipinski definition) is 6. The second-order valence-corrected chi connectivity index (χ2v) is 8.01. The van der Waals surface area contributed by atoms with Crippen molar-refractivity contribution in [2.45, 2.75) is 44.2 Å². The maximum Gasteiger partial charge on any atom is 0.267 e. The van der Waals surface area contributed by atoms with E-state index in [-0.39, 0.29) is 5.91 Å². The molecule has 0 unspecified atom stereocenters. The molecule has 0 radical (unpaired) electrons. The predicted octanol–water partition coefficient (Wildman–Crippen LogP) is 4.82. The van der Waals surface area contributed by atoms with Crippen LogP contribution in [0.15, 0.2) is 40.4 Å². The number of aryl methyl sites for hydroxylation is 4. The maximum absolute atomic E-state index is 12.4. The molecule has 3 aromatic rings. The van der Waals surface area contributed by atoms with Crippen LogP contribution < -0.4 is 5.32 Å². The molecule has 5 nitrogen and oxygen atoms in total. The van der Waals surface area contributed by atoms with Crippen molar-refractivity contribution < 1.29 is 4.79 Å². The maximum atomic E-state index is 12.4. The third-order valence-electron chi connectivity index (χ3n) is 3.63. The van der Waals surface area contributed by atoms with Gasteiger partial charge in [0.05, 0.1) is 10.7 Å². The Morgan fingerprint density at radius 1 is 1.08 bits per heavy atom. The van der Waals surface area contributed by atoms with Gasteiger partial charge in [-0.05, 0) is 69.3 Å². The molecule has 3 rings (SSSR count). The van der Waals surface area contributed by atoms with Gasteiger partial charge >= 0.3 is 0 Å². The zero-order chi connectivity index (χ0) is 18.7. The number of hydrogen-bond donors (Lipinski definition) is 1. The lowest BCUT2D eigenvalue weighted by atomic mass is 10.3. The van der Waals surface area contributed by atoms with Crippen LogP contribution in [0.1, 0.15) is 38.7 Å². The quantitative estimate of drug-likeness (QED) is 0.639. The number of aromatic nitrogens is 3. The molecule has 26 heavy (non-hydrogen) atoms. The summed E-state index contributed by atoms with van der Waals surface area (Å²) in [5.41, 5.74) is 3.44. The summed E-state index contributed by atoms with van der Waals surface area (Å²) in [4.78, 5) is 27.4. The van der Waals surface area contributed by atoms with Gasteiger partial charge in [0.1, 0.15) is 4.88 Å². The minimum atomic E-state index is -0.113. The fraction of sp³-hybridized carbons (Fsp3) is 0.263. The summed E-state index contributed by atoms with van der Waals surface area (Å²) in [5, 5.41) is 4.64. The first-order chi connectivity index (χ1) is 12.4. The Morgan fingerprint density at radius 2 is 1.73 bits per heavy atom. The number of carbonyl (C=O) groups excluding carboxylic acids is 1. The van der Waals surface area contributed by atoms with Crippen molar-refractivity contribution in [1.29, 1.82) is 0 Å². The van der Waals surface area contributed by atoms with Crippen LogP contribution in [0.3, 0.4) is 0 Å². The summed E-state index contributed by atoms with van der Waals surface area (Å²) in [6.45, 7) is 7.83. The molecule has 134 valence electrons. The Bertz CT molecular complexity index is 915. The van der Waals surface area contributed by atoms with Gasteiger partial charge in [-0.3, -0.25) is 4.79 Å². The van der Waals surface area contributed by atoms with Crippen LogP contribution in [-0.2, 0) is 6.42 Å². The van der Waals surface area contributed by atoms with Crippen molar-refractivity contribution in [2.75, 3.05) is 5.32 Å². The SMILES string of the molecule is CCc1nc(C)c(C(=O)Nc2ccc(Sc3nc(C)cc(C)n3)cc2)s1. The van der Waals surface area contributed by atoms with Gasteiger partial charge < -0.3 is 5.32 Å². The molecule has 1 aromatic carbocycles. The molecule has 0 aliphatic carbocycles. The van der Waals surface area contributed by atoms with E-state index in [4.69, 9.17) is 0 Å². The van der Waals surface area contributed by atoms with Gasteiger partial charge in [-0.1, -0.05) is 6.92 Å². The summed E-state index contributed by atoms with van der Waals surface area (Å²) in [6, 6.07) is 9.64. The lowest BCUT2D eigenvalue weighted by Crippen LogP contribution is -2.11. The van der Waals surface area contributed by atoms with Crippen molar-refractivity contribution in [3.63, 3.8) is 0 Å². The fourth-order valence-electron chi connectivity index (χ4n) is 2.45. The second kappa shape index (κ2) is 7.97. The monoisotopic (exact) mass is 384 g/mol. The summed E-state index contributed by atoms with van der Waals surface area (Å²) in [5.74, 6) is -0.113. The average Bonchev–Trinajstić information content (AvgIpc) is 2.97. The zero-order valence-corrected chi connectivity index (χ0v) is 16.8. The van der Waals surface area contributed by atoms with Crippen molar-refractivity contribution in [1.82, 2.24) is 15.0 Å². The van der Waals surface area contributed by atoms with E-state index in [0.717, 1.165) is 44.2 Å². The molecule has 2 heterocycles. The molecular weight excluding hydrogens is 364 g/mol. The number of rotatable bonds is 5. The number of benzene rings is 1. The predicted molar refractivity (Wildman–Crippen MR) is 106 cm³/mol. The van der Waals surface area contributed by atoms with Crippen LogP contribution in [-0.4, -0.2) is 20.9 Å². The summed E-state index contributed by atoms with van der Waals surface area (Å²) < 4.78 is 0. The Hall–Kier alpha value is -2.25. The van der Waals surface area contributed by atoms with Gasteiger partial charge in [0, 0.05) is 22.0 Å². The Labute approximate surface area is 161 Å². The highest BCUT2D eigenvalue weighted by Crippen LogP contribution is 2.27. The van der Waals surface area contributed by atoms with Crippen LogP contribution in [0.4, 0.5) is 5.69 Å². The molecule has 1 N–H and O–H groups in total. The average molecular weight is 385 g/mol. The number of thiazole rings is 1. The Morgan fingerprint density at radius 3 is 2.31 bits per heavy atom. The molecule has 1 amide bonds. The molecule has 0 bridgehead atoms. The normalized spacial score (nSPS) is 10.8. The van der Waals surface area contributed by atoms with Crippen molar-refractivity contribution >= 4 is 34.7 Å². The van der Waals surface area contributed by atoms with E-state index in [1.807, 2.05) is 58.0 Å². The van der Waals surface area contributed by atoms with E-state index < -0.39 is 0 Å². The van der Waals surface area contributed by atoms with Crippen LogP contribution in [0.25, 0.3) is 0 Å². The first kappa shape index (κ1) is 18.5. The van der Waals surface area contributed by atoms with Gasteiger partial charge in [-0.2, -0.15) is 0 Å². The van der Waals surface area contributed by atoms with Crippen molar-refractivity contribution in [3.05, 3.63) is 57.3 Å². The first-order valence-electron chi connectivity index (χ1n) is 8.32. The summed E-state index contributed by atoms with van der Waals surface area (Å²) >= 11 is 2.96. The van der Waals surface area contributed by atoms with Crippen LogP contribution in [0.2, 0.25) is 0 Å². The standard InChI is InChI=1S/C19H20N4OS2/c1-5-16-22-13(4)17(26-16)18(24)23-14-6-8-15(9-7-14)25-19-20-11(2)10-12(3)21-19/h6-10H,5H2,1-4H3,(H,23,24). The van der Waals surface area contributed by atoms with E-state index in [1.165, 1.54) is 23.1 Å². The van der Waals surface area contributed by atoms with Gasteiger partial charge in [0.15, 0.2) is 5.16 Å². The highest BCUT2D eigenvalue weighted by Gasteiger charge is 2.14. The highest BCUT2D eigenvalue weighted by molar-refractivity contribution is 7.99. The molecule has 7 heteroatoms. The van der Waals surface area contributed by atoms with Crippen molar-refractivity contribution in [2.24, 2.45) is 0 Å². The molecule has 0 fully saturated rings. The molecule has 2 aromatic heterocycles. The number of anilines is 1. The summed E-state index contributed by atoms with van der Waals surface area (Å²) in [6.07, 6.45) is 0.839. The lowest BCUT2D eigenvalue weighted by molar-refractivity contribution is 0.103. The number of carbonyl (C=O) groups is 1. The Kier molecular flexibility index (Phi) is 5.68. The van der Waals surface area contributed by atoms with E-state index in [1.54, 1.807) is 0 Å². The minimum absolute atomic E-state index is 0.113. The topological polar surface area (TPSA) is 67.8 Å². The van der Waals surface area contributed by atoms with Crippen LogP contribution in [0.5, 0.6) is 0 Å². The van der Waals surface area contributed by atoms with E-state index in [0.29, 0.717) is 4.88 Å². The third-order valence-corrected chi connectivity index (χ3v) is 5.81. The number of amides is 1. The van der Waals surface area contributed by atoms with Crippen LogP contribution >= 0.6 is 23.1 Å². The largest absolute Gasteiger partial charge is 0.321 e. The second-order valence-electron chi connectivity index (χ2n) is 5.89. The molecule has 0 aliphatic rings. The first-order valence-corrected chi connectivity index (χ1v) is 9.95. The zero-order valence-electron chi connectivity index (χ0n) is 15.2. The highest BCUT2D eigenvalue weighted by atomic mass is 32.2. The van der Waals surface area contributed by atoms with E-state index in [9.17, 15) is 4.79 Å². The lowest BCUT2D eigenvalue weighted by Gasteiger charge is -2.06. The molecular formula is C19H20N4OS2. The molecule has 0 atom stereocenters. The third kappa shape index (κ3) is 4.47. The van der Waals surface area contributed by atoms with Gasteiger partial charge in [0.25, 0.3) is 5.91 Å². The molecule has 0 spiro atoms. The molecule has 0 aliphatic heterocycles. The van der Waals surface area contributed by atoms with E-state index >= 15 is 0 Å². The van der Waals surface area contributed by atoms with Gasteiger partial charge in [0.2, 0.25) is 0 Å². The Balaban J connectivity index is 1.69. The van der Waals surface area contributed by atoms with Gasteiger partial charge in [-0.15, -0.1) is 11.3 Å². The smallest absolute Gasteiger partial charge is 0.267 e. The van der Waals surface area contributed by atoms with Gasteiger partial charge in [-0.25, -0.2) is 15.0 Å². The number of nitrogens with one attached hydrogen (secondary N) is 1. The van der Waals surface area contributed by atoms with Crippen LogP contribution in [0, 0.1) is 20.8 Å². The minimum Gasteiger partial charge on any atom is -0.321 e. The van der Waals surface area contributed by atoms with E-state index in [2.05, 4.69) is 20.3 Å². The molecule has 0 saturated heterocycles.